The van der Waals surface area contributed by atoms with Crippen molar-refractivity contribution >= 4 is 11.6 Å². The molecule has 1 atom stereocenters. The maximum Gasteiger partial charge on any atom is 0.261 e. The molecule has 0 saturated heterocycles. The Morgan fingerprint density at radius 2 is 2.32 bits per heavy atom. The third-order valence-corrected chi connectivity index (χ3v) is 3.04. The van der Waals surface area contributed by atoms with Crippen LogP contribution < -0.4 is 10.1 Å². The first-order chi connectivity index (χ1) is 9.15. The minimum absolute atomic E-state index is 0.0589. The number of rotatable bonds is 7. The molecule has 19 heavy (non-hydrogen) atoms. The highest BCUT2D eigenvalue weighted by molar-refractivity contribution is 6.30. The van der Waals surface area contributed by atoms with Gasteiger partial charge in [-0.05, 0) is 23.8 Å². The zero-order valence-electron chi connectivity index (χ0n) is 10.4. The summed E-state index contributed by atoms with van der Waals surface area (Å²) in [6.07, 6.45) is -1.54. The first-order valence-electron chi connectivity index (χ1n) is 6.17. The average molecular weight is 292 g/mol. The second kappa shape index (κ2) is 7.03. The monoisotopic (exact) mass is 291 g/mol. The van der Waals surface area contributed by atoms with Crippen molar-refractivity contribution in [1.82, 2.24) is 5.32 Å². The average Bonchev–Trinajstić information content (AvgIpc) is 2.75. The number of nitrogens with one attached hydrogen (secondary N) is 1. The fourth-order valence-electron chi connectivity index (χ4n) is 1.98. The van der Waals surface area contributed by atoms with Gasteiger partial charge in [-0.3, -0.25) is 0 Å². The van der Waals surface area contributed by atoms with Gasteiger partial charge >= 0.3 is 0 Å². The van der Waals surface area contributed by atoms with Crippen LogP contribution in [0.1, 0.15) is 5.56 Å². The Labute approximate surface area is 115 Å². The van der Waals surface area contributed by atoms with Gasteiger partial charge in [0.05, 0.1) is 6.61 Å². The minimum atomic E-state index is -2.41. The summed E-state index contributed by atoms with van der Waals surface area (Å²) >= 11 is 5.91. The maximum atomic E-state index is 11.8. The molecule has 0 amide bonds. The smallest absolute Gasteiger partial charge is 0.261 e. The van der Waals surface area contributed by atoms with Gasteiger partial charge in [0.25, 0.3) is 6.43 Å². The largest absolute Gasteiger partial charge is 0.488 e. The highest BCUT2D eigenvalue weighted by atomic mass is 35.5. The summed E-state index contributed by atoms with van der Waals surface area (Å²) in [6, 6.07) is 5.57. The van der Waals surface area contributed by atoms with E-state index in [2.05, 4.69) is 5.32 Å². The van der Waals surface area contributed by atoms with E-state index >= 15 is 0 Å². The third-order valence-electron chi connectivity index (χ3n) is 2.80. The molecule has 0 fully saturated rings. The summed E-state index contributed by atoms with van der Waals surface area (Å²) in [5.41, 5.74) is 1.10. The van der Waals surface area contributed by atoms with Crippen molar-refractivity contribution in [2.24, 2.45) is 0 Å². The molecule has 3 nitrogen and oxygen atoms in total. The lowest BCUT2D eigenvalue weighted by atomic mass is 10.1. The van der Waals surface area contributed by atoms with Crippen molar-refractivity contribution in [3.8, 4) is 5.75 Å². The molecule has 1 aliphatic rings. The van der Waals surface area contributed by atoms with Crippen molar-refractivity contribution in [2.45, 2.75) is 19.0 Å². The Hall–Kier alpha value is -0.910. The molecule has 0 spiro atoms. The van der Waals surface area contributed by atoms with Gasteiger partial charge in [0.2, 0.25) is 0 Å². The Morgan fingerprint density at radius 3 is 3.11 bits per heavy atom. The molecule has 0 radical (unpaired) electrons. The van der Waals surface area contributed by atoms with E-state index in [4.69, 9.17) is 21.1 Å². The molecular formula is C13H16ClF2NO2. The van der Waals surface area contributed by atoms with Crippen LogP contribution in [0.25, 0.3) is 0 Å². The molecule has 6 heteroatoms. The summed E-state index contributed by atoms with van der Waals surface area (Å²) in [6.45, 7) is 0.954. The van der Waals surface area contributed by atoms with Gasteiger partial charge in [-0.25, -0.2) is 8.78 Å². The predicted octanol–water partition coefficient (Wildman–Crippen LogP) is 2.51. The van der Waals surface area contributed by atoms with Crippen molar-refractivity contribution in [1.29, 1.82) is 0 Å². The van der Waals surface area contributed by atoms with Gasteiger partial charge in [-0.15, -0.1) is 0 Å². The molecule has 1 unspecified atom stereocenters. The molecule has 1 N–H and O–H groups in total. The van der Waals surface area contributed by atoms with Crippen molar-refractivity contribution in [3.05, 3.63) is 28.8 Å². The summed E-state index contributed by atoms with van der Waals surface area (Å²) in [4.78, 5) is 0. The van der Waals surface area contributed by atoms with Crippen LogP contribution in [0.15, 0.2) is 18.2 Å². The van der Waals surface area contributed by atoms with Gasteiger partial charge < -0.3 is 14.8 Å². The van der Waals surface area contributed by atoms with Crippen LogP contribution in [-0.2, 0) is 11.2 Å². The second-order valence-electron chi connectivity index (χ2n) is 4.37. The van der Waals surface area contributed by atoms with E-state index in [0.29, 0.717) is 18.1 Å². The normalized spacial score (nSPS) is 17.6. The number of hydrogen-bond donors (Lipinski definition) is 1. The molecule has 2 rings (SSSR count). The number of alkyl halides is 2. The molecule has 1 aromatic rings. The molecule has 1 heterocycles. The topological polar surface area (TPSA) is 30.5 Å². The van der Waals surface area contributed by atoms with Gasteiger partial charge in [0.15, 0.2) is 0 Å². The van der Waals surface area contributed by atoms with E-state index in [1.54, 1.807) is 6.07 Å². The van der Waals surface area contributed by atoms with Crippen LogP contribution in [0.5, 0.6) is 5.75 Å². The molecule has 106 valence electrons. The number of hydrogen-bond acceptors (Lipinski definition) is 3. The molecule has 0 aromatic heterocycles. The van der Waals surface area contributed by atoms with Crippen molar-refractivity contribution < 1.29 is 18.3 Å². The number of fused-ring (bicyclic) bond motifs is 1. The van der Waals surface area contributed by atoms with Gasteiger partial charge in [-0.2, -0.15) is 0 Å². The van der Waals surface area contributed by atoms with E-state index in [0.717, 1.165) is 17.7 Å². The highest BCUT2D eigenvalue weighted by Crippen LogP contribution is 2.30. The Morgan fingerprint density at radius 1 is 1.47 bits per heavy atom. The van der Waals surface area contributed by atoms with E-state index in [1.165, 1.54) is 0 Å². The van der Waals surface area contributed by atoms with E-state index in [9.17, 15) is 8.78 Å². The number of halogens is 3. The van der Waals surface area contributed by atoms with E-state index < -0.39 is 13.0 Å². The van der Waals surface area contributed by atoms with Gasteiger partial charge in [0, 0.05) is 24.5 Å². The zero-order chi connectivity index (χ0) is 13.7. The second-order valence-corrected chi connectivity index (χ2v) is 4.80. The Bertz CT molecular complexity index is 418. The van der Waals surface area contributed by atoms with E-state index in [-0.39, 0.29) is 12.7 Å². The zero-order valence-corrected chi connectivity index (χ0v) is 11.1. The SMILES string of the molecule is FC(F)COCCNCC1Cc2cc(Cl)ccc2O1. The summed E-state index contributed by atoms with van der Waals surface area (Å²) in [7, 11) is 0. The molecule has 0 bridgehead atoms. The standard InChI is InChI=1S/C13H16ClF2NO2/c14-10-1-2-12-9(5-10)6-11(19-12)7-17-3-4-18-8-13(15)16/h1-2,5,11,13,17H,3-4,6-8H2. The van der Waals surface area contributed by atoms with Crippen LogP contribution in [0.4, 0.5) is 8.78 Å². The number of ether oxygens (including phenoxy) is 2. The van der Waals surface area contributed by atoms with Crippen LogP contribution in [0, 0.1) is 0 Å². The molecular weight excluding hydrogens is 276 g/mol. The summed E-state index contributed by atoms with van der Waals surface area (Å²) in [5.74, 6) is 0.866. The lowest BCUT2D eigenvalue weighted by molar-refractivity contribution is 0.0183. The van der Waals surface area contributed by atoms with Crippen molar-refractivity contribution in [3.63, 3.8) is 0 Å². The lowest BCUT2D eigenvalue weighted by Gasteiger charge is -2.11. The molecule has 1 aromatic carbocycles. The fourth-order valence-corrected chi connectivity index (χ4v) is 2.18. The van der Waals surface area contributed by atoms with Crippen LogP contribution >= 0.6 is 11.6 Å². The highest BCUT2D eigenvalue weighted by Gasteiger charge is 2.22. The van der Waals surface area contributed by atoms with Crippen LogP contribution in [-0.4, -0.2) is 38.8 Å². The summed E-state index contributed by atoms with van der Waals surface area (Å²) in [5, 5.41) is 3.83. The Kier molecular flexibility index (Phi) is 5.36. The van der Waals surface area contributed by atoms with Crippen molar-refractivity contribution in [2.75, 3.05) is 26.3 Å². The third kappa shape index (κ3) is 4.60. The number of benzene rings is 1. The first kappa shape index (κ1) is 14.5. The quantitative estimate of drug-likeness (QED) is 0.783. The maximum absolute atomic E-state index is 11.8. The summed E-state index contributed by atoms with van der Waals surface area (Å²) < 4.78 is 34.1. The minimum Gasteiger partial charge on any atom is -0.488 e. The van der Waals surface area contributed by atoms with Gasteiger partial charge in [-0.1, -0.05) is 11.6 Å². The molecule has 0 saturated carbocycles. The molecule has 1 aliphatic heterocycles. The predicted molar refractivity (Wildman–Crippen MR) is 69.3 cm³/mol. The van der Waals surface area contributed by atoms with Crippen LogP contribution in [0.3, 0.4) is 0 Å². The Balaban J connectivity index is 1.62. The lowest BCUT2D eigenvalue weighted by Crippen LogP contribution is -2.32. The van der Waals surface area contributed by atoms with Gasteiger partial charge in [0.1, 0.15) is 18.5 Å². The van der Waals surface area contributed by atoms with Crippen LogP contribution in [0.2, 0.25) is 5.02 Å². The van der Waals surface area contributed by atoms with E-state index in [1.807, 2.05) is 12.1 Å². The molecule has 0 aliphatic carbocycles. The fraction of sp³-hybridized carbons (Fsp3) is 0.538. The first-order valence-corrected chi connectivity index (χ1v) is 6.54.